The van der Waals surface area contributed by atoms with Crippen molar-refractivity contribution in [1.29, 1.82) is 0 Å². The van der Waals surface area contributed by atoms with Crippen molar-refractivity contribution >= 4 is 11.9 Å². The second-order valence-corrected chi connectivity index (χ2v) is 3.76. The normalized spacial score (nSPS) is 12.8. The smallest absolute Gasteiger partial charge is 0.320 e. The Bertz CT molecular complexity index is 379. The molecule has 0 aliphatic carbocycles. The van der Waals surface area contributed by atoms with Gasteiger partial charge in [0.2, 0.25) is 0 Å². The van der Waals surface area contributed by atoms with Crippen molar-refractivity contribution in [3.05, 3.63) is 35.9 Å². The number of nitrogens with two attached hydrogens (primary N) is 2. The minimum atomic E-state index is -0.963. The average Bonchev–Trinajstić information content (AvgIpc) is 2.30. The maximum atomic E-state index is 10.4. The largest absolute Gasteiger partial charge is 0.480 e. The van der Waals surface area contributed by atoms with E-state index in [-0.39, 0.29) is 0 Å². The molecule has 0 amide bonds. The van der Waals surface area contributed by atoms with Crippen LogP contribution >= 0.6 is 0 Å². The van der Waals surface area contributed by atoms with Gasteiger partial charge in [0.25, 0.3) is 0 Å². The summed E-state index contributed by atoms with van der Waals surface area (Å²) in [6.45, 7) is 1.42. The molecule has 1 aromatic rings. The van der Waals surface area contributed by atoms with E-state index in [4.69, 9.17) is 21.7 Å². The first kappa shape index (κ1) is 16.1. The Morgan fingerprint density at radius 1 is 1.11 bits per heavy atom. The van der Waals surface area contributed by atoms with Gasteiger partial charge < -0.3 is 21.7 Å². The first-order valence-electron chi connectivity index (χ1n) is 5.35. The zero-order valence-corrected chi connectivity index (χ0v) is 10.1. The molecule has 0 unspecified atom stereocenters. The molecular formula is C12H18N2O4. The maximum Gasteiger partial charge on any atom is 0.320 e. The molecule has 0 bridgehead atoms. The predicted octanol–water partition coefficient (Wildman–Crippen LogP) is 0.0592. The van der Waals surface area contributed by atoms with E-state index in [2.05, 4.69) is 0 Å². The van der Waals surface area contributed by atoms with Crippen LogP contribution in [0.4, 0.5) is 0 Å². The van der Waals surface area contributed by atoms with E-state index < -0.39 is 24.0 Å². The molecule has 0 aromatic heterocycles. The van der Waals surface area contributed by atoms with E-state index >= 15 is 0 Å². The van der Waals surface area contributed by atoms with Gasteiger partial charge >= 0.3 is 11.9 Å². The van der Waals surface area contributed by atoms with Crippen molar-refractivity contribution in [1.82, 2.24) is 0 Å². The molecule has 6 heteroatoms. The van der Waals surface area contributed by atoms with Crippen LogP contribution in [0.15, 0.2) is 30.3 Å². The number of benzene rings is 1. The Kier molecular flexibility index (Phi) is 7.34. The third-order valence-electron chi connectivity index (χ3n) is 2.01. The van der Waals surface area contributed by atoms with Crippen molar-refractivity contribution in [2.24, 2.45) is 11.5 Å². The van der Waals surface area contributed by atoms with Crippen molar-refractivity contribution in [3.8, 4) is 0 Å². The molecule has 0 spiro atoms. The molecule has 6 nitrogen and oxygen atoms in total. The molecule has 0 fully saturated rings. The summed E-state index contributed by atoms with van der Waals surface area (Å²) in [5, 5.41) is 16.4. The van der Waals surface area contributed by atoms with Gasteiger partial charge in [-0.15, -0.1) is 0 Å². The summed E-state index contributed by atoms with van der Waals surface area (Å²) in [4.78, 5) is 20.0. The Labute approximate surface area is 105 Å². The minimum absolute atomic E-state index is 0.385. The topological polar surface area (TPSA) is 127 Å². The molecule has 100 valence electrons. The number of carboxylic acid groups (broad SMARTS) is 2. The van der Waals surface area contributed by atoms with Crippen LogP contribution in [-0.2, 0) is 16.0 Å². The molecule has 0 saturated carbocycles. The standard InChI is InChI=1S/C9H11NO2.C3H7NO2/c10-8(9(11)12)6-7-4-2-1-3-5-7;1-2(4)3(5)6/h1-5,8H,6,10H2,(H,11,12);2H,4H2,1H3,(H,5,6)/t8-;2-/m00/s1. The number of carbonyl (C=O) groups is 2. The monoisotopic (exact) mass is 254 g/mol. The SMILES string of the molecule is C[C@H](N)C(=O)O.N[C@@H](Cc1ccccc1)C(=O)O. The molecule has 0 heterocycles. The Morgan fingerprint density at radius 2 is 1.56 bits per heavy atom. The summed E-state index contributed by atoms with van der Waals surface area (Å²) in [5.41, 5.74) is 11.1. The van der Waals surface area contributed by atoms with Gasteiger partial charge in [-0.1, -0.05) is 30.3 Å². The zero-order chi connectivity index (χ0) is 14.1. The van der Waals surface area contributed by atoms with E-state index in [1.165, 1.54) is 6.92 Å². The van der Waals surface area contributed by atoms with Crippen LogP contribution in [-0.4, -0.2) is 34.2 Å². The van der Waals surface area contributed by atoms with Gasteiger partial charge in [-0.3, -0.25) is 9.59 Å². The van der Waals surface area contributed by atoms with Crippen LogP contribution in [0.1, 0.15) is 12.5 Å². The van der Waals surface area contributed by atoms with Crippen molar-refractivity contribution < 1.29 is 19.8 Å². The molecule has 0 aliphatic rings. The fourth-order valence-electron chi connectivity index (χ4n) is 0.955. The summed E-state index contributed by atoms with van der Waals surface area (Å²) in [7, 11) is 0. The minimum Gasteiger partial charge on any atom is -0.480 e. The molecule has 0 aliphatic heterocycles. The highest BCUT2D eigenvalue weighted by Gasteiger charge is 2.10. The zero-order valence-electron chi connectivity index (χ0n) is 10.1. The second kappa shape index (κ2) is 8.21. The lowest BCUT2D eigenvalue weighted by Crippen LogP contribution is -2.32. The Morgan fingerprint density at radius 3 is 1.89 bits per heavy atom. The maximum absolute atomic E-state index is 10.4. The summed E-state index contributed by atoms with van der Waals surface area (Å²) in [5.74, 6) is -1.92. The summed E-state index contributed by atoms with van der Waals surface area (Å²) in [6, 6.07) is 7.81. The summed E-state index contributed by atoms with van der Waals surface area (Å²) < 4.78 is 0. The van der Waals surface area contributed by atoms with Crippen LogP contribution < -0.4 is 11.5 Å². The Balaban J connectivity index is 0.000000411. The molecule has 2 atom stereocenters. The highest BCUT2D eigenvalue weighted by molar-refractivity contribution is 5.73. The molecule has 0 radical (unpaired) electrons. The first-order valence-corrected chi connectivity index (χ1v) is 5.35. The molecule has 6 N–H and O–H groups in total. The number of carboxylic acids is 2. The average molecular weight is 254 g/mol. The van der Waals surface area contributed by atoms with Crippen LogP contribution in [0.2, 0.25) is 0 Å². The second-order valence-electron chi connectivity index (χ2n) is 3.76. The fourth-order valence-corrected chi connectivity index (χ4v) is 0.955. The lowest BCUT2D eigenvalue weighted by Gasteiger charge is -2.04. The highest BCUT2D eigenvalue weighted by atomic mass is 16.4. The van der Waals surface area contributed by atoms with Gasteiger partial charge in [-0.2, -0.15) is 0 Å². The van der Waals surface area contributed by atoms with Crippen LogP contribution in [0.3, 0.4) is 0 Å². The molecule has 1 aromatic carbocycles. The van der Waals surface area contributed by atoms with Gasteiger partial charge in [0, 0.05) is 0 Å². The fraction of sp³-hybridized carbons (Fsp3) is 0.333. The third kappa shape index (κ3) is 7.37. The van der Waals surface area contributed by atoms with Gasteiger partial charge in [0.15, 0.2) is 0 Å². The number of hydrogen-bond donors (Lipinski definition) is 4. The van der Waals surface area contributed by atoms with Crippen molar-refractivity contribution in [3.63, 3.8) is 0 Å². The van der Waals surface area contributed by atoms with E-state index in [9.17, 15) is 9.59 Å². The molecule has 1 rings (SSSR count). The van der Waals surface area contributed by atoms with Gasteiger partial charge in [-0.05, 0) is 18.9 Å². The van der Waals surface area contributed by atoms with Crippen LogP contribution in [0.5, 0.6) is 0 Å². The molecule has 18 heavy (non-hydrogen) atoms. The number of rotatable bonds is 4. The summed E-state index contributed by atoms with van der Waals surface area (Å²) in [6.07, 6.45) is 0.385. The number of aliphatic carboxylic acids is 2. The first-order chi connectivity index (χ1) is 8.34. The lowest BCUT2D eigenvalue weighted by molar-refractivity contribution is -0.139. The molecular weight excluding hydrogens is 236 g/mol. The Hall–Kier alpha value is -1.92. The number of hydrogen-bond acceptors (Lipinski definition) is 4. The van der Waals surface area contributed by atoms with Gasteiger partial charge in [0.05, 0.1) is 0 Å². The van der Waals surface area contributed by atoms with E-state index in [1.807, 2.05) is 30.3 Å². The van der Waals surface area contributed by atoms with E-state index in [0.717, 1.165) is 5.56 Å². The predicted molar refractivity (Wildman–Crippen MR) is 67.0 cm³/mol. The highest BCUT2D eigenvalue weighted by Crippen LogP contribution is 2.01. The molecule has 0 saturated heterocycles. The quantitative estimate of drug-likeness (QED) is 0.601. The van der Waals surface area contributed by atoms with Gasteiger partial charge in [0.1, 0.15) is 12.1 Å². The summed E-state index contributed by atoms with van der Waals surface area (Å²) >= 11 is 0. The lowest BCUT2D eigenvalue weighted by atomic mass is 10.1. The van der Waals surface area contributed by atoms with Crippen molar-refractivity contribution in [2.45, 2.75) is 25.4 Å². The van der Waals surface area contributed by atoms with Gasteiger partial charge in [-0.25, -0.2) is 0 Å². The van der Waals surface area contributed by atoms with Crippen molar-refractivity contribution in [2.75, 3.05) is 0 Å². The van der Waals surface area contributed by atoms with E-state index in [0.29, 0.717) is 6.42 Å². The van der Waals surface area contributed by atoms with Crippen LogP contribution in [0, 0.1) is 0 Å². The van der Waals surface area contributed by atoms with E-state index in [1.54, 1.807) is 0 Å². The van der Waals surface area contributed by atoms with Crippen LogP contribution in [0.25, 0.3) is 0 Å². The third-order valence-corrected chi connectivity index (χ3v) is 2.01.